The van der Waals surface area contributed by atoms with Crippen molar-refractivity contribution in [3.63, 3.8) is 0 Å². The van der Waals surface area contributed by atoms with Crippen LogP contribution in [0.4, 0.5) is 4.39 Å². The van der Waals surface area contributed by atoms with Crippen LogP contribution in [-0.2, 0) is 6.54 Å². The molecule has 1 rings (SSSR count). The van der Waals surface area contributed by atoms with Gasteiger partial charge in [-0.15, -0.1) is 0 Å². The molecule has 2 nitrogen and oxygen atoms in total. The van der Waals surface area contributed by atoms with Gasteiger partial charge in [0.25, 0.3) is 6.08 Å². The molecule has 44 valence electrons. The highest BCUT2D eigenvalue weighted by atomic mass is 19.1. The third-order valence-corrected chi connectivity index (χ3v) is 1.01. The van der Waals surface area contributed by atoms with Crippen LogP contribution in [0.15, 0.2) is 12.4 Å². The van der Waals surface area contributed by atoms with Crippen LogP contribution >= 0.6 is 0 Å². The van der Waals surface area contributed by atoms with Crippen molar-refractivity contribution in [3.8, 4) is 0 Å². The van der Waals surface area contributed by atoms with E-state index in [-0.39, 0.29) is 0 Å². The predicted molar refractivity (Wildman–Crippen MR) is 27.9 cm³/mol. The second-order valence-corrected chi connectivity index (χ2v) is 1.48. The Bertz CT molecular complexity index is 171. The zero-order valence-electron chi connectivity index (χ0n) is 4.63. The van der Waals surface area contributed by atoms with Crippen molar-refractivity contribution in [2.24, 2.45) is 0 Å². The average molecular weight is 114 g/mol. The van der Waals surface area contributed by atoms with E-state index in [4.69, 9.17) is 0 Å². The Kier molecular flexibility index (Phi) is 1.28. The molecule has 0 aliphatic carbocycles. The fourth-order valence-electron chi connectivity index (χ4n) is 0.547. The molecule has 1 aromatic heterocycles. The summed E-state index contributed by atoms with van der Waals surface area (Å²) in [6.45, 7) is 2.51. The van der Waals surface area contributed by atoms with Crippen LogP contribution in [0.25, 0.3) is 0 Å². The highest BCUT2D eigenvalue weighted by Crippen LogP contribution is 1.91. The number of rotatable bonds is 1. The van der Waals surface area contributed by atoms with E-state index in [1.54, 1.807) is 6.20 Å². The lowest BCUT2D eigenvalue weighted by Crippen LogP contribution is -1.95. The van der Waals surface area contributed by atoms with Gasteiger partial charge in [-0.3, -0.25) is 0 Å². The third-order valence-electron chi connectivity index (χ3n) is 1.01. The molecule has 3 heteroatoms. The number of aryl methyl sites for hydroxylation is 1. The van der Waals surface area contributed by atoms with Gasteiger partial charge in [-0.2, -0.15) is 4.39 Å². The molecule has 0 unspecified atom stereocenters. The average Bonchev–Trinajstić information content (AvgIpc) is 2.14. The van der Waals surface area contributed by atoms with Gasteiger partial charge in [-0.05, 0) is 6.92 Å². The van der Waals surface area contributed by atoms with Crippen molar-refractivity contribution in [2.75, 3.05) is 0 Å². The minimum atomic E-state index is -0.410. The zero-order chi connectivity index (χ0) is 5.98. The van der Waals surface area contributed by atoms with Crippen molar-refractivity contribution in [1.29, 1.82) is 0 Å². The first-order chi connectivity index (χ1) is 3.84. The Labute approximate surface area is 47.0 Å². The van der Waals surface area contributed by atoms with Crippen LogP contribution in [-0.4, -0.2) is 9.55 Å². The van der Waals surface area contributed by atoms with E-state index in [1.165, 1.54) is 10.8 Å². The zero-order valence-corrected chi connectivity index (χ0v) is 4.63. The van der Waals surface area contributed by atoms with E-state index in [0.29, 0.717) is 6.54 Å². The third kappa shape index (κ3) is 0.710. The number of halogens is 1. The summed E-state index contributed by atoms with van der Waals surface area (Å²) in [5, 5.41) is 0. The van der Waals surface area contributed by atoms with Crippen LogP contribution in [0.5, 0.6) is 0 Å². The second-order valence-electron chi connectivity index (χ2n) is 1.48. The Morgan fingerprint density at radius 2 is 2.62 bits per heavy atom. The number of aromatic nitrogens is 2. The topological polar surface area (TPSA) is 17.8 Å². The minimum absolute atomic E-state index is 0.410. The first-order valence-electron chi connectivity index (χ1n) is 2.51. The summed E-state index contributed by atoms with van der Waals surface area (Å²) >= 11 is 0. The van der Waals surface area contributed by atoms with Crippen LogP contribution in [0.1, 0.15) is 6.92 Å². The molecule has 0 saturated carbocycles. The van der Waals surface area contributed by atoms with E-state index in [9.17, 15) is 4.39 Å². The molecule has 0 fully saturated rings. The Hall–Kier alpha value is -0.860. The number of hydrogen-bond donors (Lipinski definition) is 0. The molecule has 1 aromatic rings. The van der Waals surface area contributed by atoms with Crippen molar-refractivity contribution in [2.45, 2.75) is 13.5 Å². The van der Waals surface area contributed by atoms with Gasteiger partial charge in [0.1, 0.15) is 0 Å². The van der Waals surface area contributed by atoms with Crippen LogP contribution < -0.4 is 0 Å². The summed E-state index contributed by atoms with van der Waals surface area (Å²) in [5.74, 6) is 0. The lowest BCUT2D eigenvalue weighted by atomic mass is 10.7. The monoisotopic (exact) mass is 114 g/mol. The fourth-order valence-corrected chi connectivity index (χ4v) is 0.547. The van der Waals surface area contributed by atoms with Crippen molar-refractivity contribution < 1.29 is 4.39 Å². The van der Waals surface area contributed by atoms with Crippen LogP contribution in [0, 0.1) is 6.08 Å². The smallest absolute Gasteiger partial charge is 0.289 e. The maximum absolute atomic E-state index is 12.2. The van der Waals surface area contributed by atoms with E-state index < -0.39 is 6.08 Å². The number of nitrogens with zero attached hydrogens (tertiary/aromatic N) is 2. The largest absolute Gasteiger partial charge is 0.308 e. The van der Waals surface area contributed by atoms with Crippen LogP contribution in [0.2, 0.25) is 0 Å². The molecular formula is C5H7FN2. The molecule has 8 heavy (non-hydrogen) atoms. The van der Waals surface area contributed by atoms with E-state index in [1.807, 2.05) is 6.92 Å². The van der Waals surface area contributed by atoms with Gasteiger partial charge < -0.3 is 4.57 Å². The van der Waals surface area contributed by atoms with Gasteiger partial charge in [0, 0.05) is 18.9 Å². The van der Waals surface area contributed by atoms with Gasteiger partial charge in [0.15, 0.2) is 0 Å². The lowest BCUT2D eigenvalue weighted by Gasteiger charge is -1.91. The fraction of sp³-hybridized carbons (Fsp3) is 0.400. The number of hydrogen-bond acceptors (Lipinski definition) is 1. The molecule has 0 atom stereocenters. The Morgan fingerprint density at radius 1 is 1.88 bits per heavy atom. The molecule has 0 saturated heterocycles. The van der Waals surface area contributed by atoms with Crippen molar-refractivity contribution >= 4 is 0 Å². The molecule has 0 amide bonds. The molecule has 0 spiro atoms. The summed E-state index contributed by atoms with van der Waals surface area (Å²) in [4.78, 5) is 3.38. The Morgan fingerprint density at radius 3 is 2.88 bits per heavy atom. The first-order valence-corrected chi connectivity index (χ1v) is 2.51. The Balaban J connectivity index is 2.92. The lowest BCUT2D eigenvalue weighted by molar-refractivity contribution is 0.478. The van der Waals surface area contributed by atoms with Gasteiger partial charge in [-0.1, -0.05) is 0 Å². The van der Waals surface area contributed by atoms with E-state index >= 15 is 0 Å². The molecule has 0 aromatic carbocycles. The van der Waals surface area contributed by atoms with Crippen molar-refractivity contribution in [1.82, 2.24) is 9.55 Å². The predicted octanol–water partition coefficient (Wildman–Crippen LogP) is 1.04. The summed E-state index contributed by atoms with van der Waals surface area (Å²) in [5.41, 5.74) is 0. The SMILES string of the molecule is CCn1ccnc1F. The van der Waals surface area contributed by atoms with Gasteiger partial charge in [0.05, 0.1) is 0 Å². The summed E-state index contributed by atoms with van der Waals surface area (Å²) in [6.07, 6.45) is 2.64. The van der Waals surface area contributed by atoms with Crippen LogP contribution in [0.3, 0.4) is 0 Å². The number of imidazole rings is 1. The van der Waals surface area contributed by atoms with E-state index in [0.717, 1.165) is 0 Å². The standard InChI is InChI=1S/C5H7FN2/c1-2-8-4-3-7-5(8)6/h3-4H,2H2,1H3. The molecule has 0 radical (unpaired) electrons. The molecule has 0 N–H and O–H groups in total. The highest BCUT2D eigenvalue weighted by Gasteiger charge is 1.93. The highest BCUT2D eigenvalue weighted by molar-refractivity contribution is 4.75. The summed E-state index contributed by atoms with van der Waals surface area (Å²) in [7, 11) is 0. The maximum atomic E-state index is 12.2. The normalized spacial score (nSPS) is 9.75. The maximum Gasteiger partial charge on any atom is 0.289 e. The summed E-state index contributed by atoms with van der Waals surface area (Å²) in [6, 6.07) is 0. The molecule has 0 aliphatic rings. The van der Waals surface area contributed by atoms with Gasteiger partial charge in [-0.25, -0.2) is 4.98 Å². The van der Waals surface area contributed by atoms with E-state index in [2.05, 4.69) is 4.98 Å². The molecule has 0 bridgehead atoms. The quantitative estimate of drug-likeness (QED) is 0.533. The van der Waals surface area contributed by atoms with Gasteiger partial charge in [0.2, 0.25) is 0 Å². The van der Waals surface area contributed by atoms with Crippen molar-refractivity contribution in [3.05, 3.63) is 18.5 Å². The van der Waals surface area contributed by atoms with Gasteiger partial charge >= 0.3 is 0 Å². The first kappa shape index (κ1) is 5.28. The summed E-state index contributed by atoms with van der Waals surface area (Å²) < 4.78 is 13.6. The minimum Gasteiger partial charge on any atom is -0.308 e. The molecular weight excluding hydrogens is 107 g/mol. The molecule has 0 aliphatic heterocycles. The second kappa shape index (κ2) is 1.94. The molecule has 1 heterocycles.